The molecule has 0 atom stereocenters. The topological polar surface area (TPSA) is 100 Å². The molecule has 0 aliphatic rings. The normalized spacial score (nSPS) is 11.1. The molecule has 3 aromatic heterocycles. The number of amides is 1. The van der Waals surface area contributed by atoms with Gasteiger partial charge in [-0.3, -0.25) is 14.2 Å². The zero-order chi connectivity index (χ0) is 24.6. The summed E-state index contributed by atoms with van der Waals surface area (Å²) in [6, 6.07) is 7.06. The van der Waals surface area contributed by atoms with Gasteiger partial charge in [0.15, 0.2) is 5.69 Å². The number of aryl methyl sites for hydroxylation is 4. The molecule has 0 saturated carbocycles. The van der Waals surface area contributed by atoms with Crippen molar-refractivity contribution in [3.63, 3.8) is 0 Å². The third kappa shape index (κ3) is 4.56. The number of nitrogens with zero attached hydrogens (tertiary/aromatic N) is 5. The number of hydrogen-bond acceptors (Lipinski definition) is 6. The standard InChI is InChI=1S/C24H27ClN6O3/c1-13-20(15(3)30(6)27-13)11-31-16(4)22(14(2)28-31)26-24(32)23-21(17(5)34-29-23)12-33-19-9-7-8-18(25)10-19/h7-10H,11-12H2,1-6H3,(H,26,32). The number of nitrogens with one attached hydrogen (secondary N) is 1. The quantitative estimate of drug-likeness (QED) is 0.410. The van der Waals surface area contributed by atoms with Gasteiger partial charge in [0.2, 0.25) is 0 Å². The van der Waals surface area contributed by atoms with Crippen molar-refractivity contribution in [3.05, 3.63) is 74.6 Å². The zero-order valence-electron chi connectivity index (χ0n) is 20.1. The highest BCUT2D eigenvalue weighted by molar-refractivity contribution is 6.30. The lowest BCUT2D eigenvalue weighted by atomic mass is 10.2. The summed E-state index contributed by atoms with van der Waals surface area (Å²) in [6.45, 7) is 10.2. The Hall–Kier alpha value is -3.59. The Morgan fingerprint density at radius 3 is 2.53 bits per heavy atom. The number of anilines is 1. The molecule has 0 aliphatic heterocycles. The number of rotatable bonds is 7. The molecule has 0 radical (unpaired) electrons. The summed E-state index contributed by atoms with van der Waals surface area (Å²) in [5.74, 6) is 0.716. The van der Waals surface area contributed by atoms with Gasteiger partial charge in [-0.25, -0.2) is 0 Å². The van der Waals surface area contributed by atoms with Crippen LogP contribution in [-0.4, -0.2) is 30.6 Å². The van der Waals surface area contributed by atoms with Crippen LogP contribution in [0.3, 0.4) is 0 Å². The van der Waals surface area contributed by atoms with E-state index in [1.807, 2.05) is 44.1 Å². The monoisotopic (exact) mass is 482 g/mol. The van der Waals surface area contributed by atoms with Crippen molar-refractivity contribution >= 4 is 23.2 Å². The first-order chi connectivity index (χ1) is 16.2. The SMILES string of the molecule is Cc1nn(C)c(C)c1Cn1nc(C)c(NC(=O)c2noc(C)c2COc2cccc(Cl)c2)c1C. The molecule has 0 fully saturated rings. The Labute approximate surface area is 202 Å². The number of carbonyl (C=O) groups is 1. The van der Waals surface area contributed by atoms with E-state index in [4.69, 9.17) is 20.9 Å². The molecule has 9 nitrogen and oxygen atoms in total. The van der Waals surface area contributed by atoms with Gasteiger partial charge in [0.05, 0.1) is 34.9 Å². The van der Waals surface area contributed by atoms with Crippen LogP contribution in [0.4, 0.5) is 5.69 Å². The van der Waals surface area contributed by atoms with Crippen molar-refractivity contribution in [2.24, 2.45) is 7.05 Å². The van der Waals surface area contributed by atoms with E-state index in [-0.39, 0.29) is 18.2 Å². The Bertz CT molecular complexity index is 1370. The molecule has 1 N–H and O–H groups in total. The van der Waals surface area contributed by atoms with Gasteiger partial charge in [0.1, 0.15) is 18.1 Å². The van der Waals surface area contributed by atoms with Gasteiger partial charge in [0.25, 0.3) is 5.91 Å². The fourth-order valence-corrected chi connectivity index (χ4v) is 4.03. The van der Waals surface area contributed by atoms with Crippen LogP contribution in [0.25, 0.3) is 0 Å². The highest BCUT2D eigenvalue weighted by Crippen LogP contribution is 2.25. The maximum Gasteiger partial charge on any atom is 0.278 e. The highest BCUT2D eigenvalue weighted by Gasteiger charge is 2.23. The molecule has 0 saturated heterocycles. The van der Waals surface area contributed by atoms with E-state index in [0.29, 0.717) is 40.0 Å². The largest absolute Gasteiger partial charge is 0.489 e. The smallest absolute Gasteiger partial charge is 0.278 e. The Morgan fingerprint density at radius 2 is 1.85 bits per heavy atom. The average molecular weight is 483 g/mol. The van der Waals surface area contributed by atoms with Crippen LogP contribution in [0.15, 0.2) is 28.8 Å². The van der Waals surface area contributed by atoms with Crippen molar-refractivity contribution in [3.8, 4) is 5.75 Å². The molecular formula is C24H27ClN6O3. The van der Waals surface area contributed by atoms with E-state index < -0.39 is 0 Å². The summed E-state index contributed by atoms with van der Waals surface area (Å²) >= 11 is 6.02. The van der Waals surface area contributed by atoms with Crippen LogP contribution in [-0.2, 0) is 20.2 Å². The van der Waals surface area contributed by atoms with Gasteiger partial charge in [-0.15, -0.1) is 0 Å². The first kappa shape index (κ1) is 23.6. The van der Waals surface area contributed by atoms with Gasteiger partial charge in [0, 0.05) is 23.3 Å². The maximum atomic E-state index is 13.1. The van der Waals surface area contributed by atoms with Crippen LogP contribution < -0.4 is 10.1 Å². The lowest BCUT2D eigenvalue weighted by Crippen LogP contribution is -2.16. The van der Waals surface area contributed by atoms with Crippen LogP contribution in [0.2, 0.25) is 5.02 Å². The van der Waals surface area contributed by atoms with Crippen LogP contribution in [0, 0.1) is 34.6 Å². The molecule has 1 amide bonds. The fraction of sp³-hybridized carbons (Fsp3) is 0.333. The second-order valence-electron chi connectivity index (χ2n) is 8.24. The molecule has 178 valence electrons. The van der Waals surface area contributed by atoms with Gasteiger partial charge in [-0.1, -0.05) is 22.8 Å². The van der Waals surface area contributed by atoms with Crippen LogP contribution in [0.1, 0.15) is 50.2 Å². The Kier molecular flexibility index (Phi) is 6.47. The first-order valence-corrected chi connectivity index (χ1v) is 11.2. The van der Waals surface area contributed by atoms with E-state index >= 15 is 0 Å². The molecule has 0 aliphatic carbocycles. The molecule has 1 aromatic carbocycles. The van der Waals surface area contributed by atoms with Crippen LogP contribution >= 0.6 is 11.6 Å². The van der Waals surface area contributed by atoms with Crippen molar-refractivity contribution < 1.29 is 14.1 Å². The number of carbonyl (C=O) groups excluding carboxylic acids is 1. The van der Waals surface area contributed by atoms with E-state index in [9.17, 15) is 4.79 Å². The maximum absolute atomic E-state index is 13.1. The summed E-state index contributed by atoms with van der Waals surface area (Å²) < 4.78 is 14.8. The lowest BCUT2D eigenvalue weighted by Gasteiger charge is -2.09. The third-order valence-electron chi connectivity index (χ3n) is 5.97. The number of ether oxygens (including phenoxy) is 1. The minimum absolute atomic E-state index is 0.120. The zero-order valence-corrected chi connectivity index (χ0v) is 20.8. The molecule has 4 rings (SSSR count). The molecule has 0 spiro atoms. The van der Waals surface area contributed by atoms with E-state index in [2.05, 4.69) is 20.7 Å². The van der Waals surface area contributed by atoms with Gasteiger partial charge >= 0.3 is 0 Å². The molecule has 10 heteroatoms. The summed E-state index contributed by atoms with van der Waals surface area (Å²) in [6.07, 6.45) is 0. The second-order valence-corrected chi connectivity index (χ2v) is 8.68. The summed E-state index contributed by atoms with van der Waals surface area (Å²) in [5, 5.41) is 16.6. The minimum atomic E-state index is -0.388. The highest BCUT2D eigenvalue weighted by atomic mass is 35.5. The van der Waals surface area contributed by atoms with Crippen LogP contribution in [0.5, 0.6) is 5.75 Å². The number of hydrogen-bond donors (Lipinski definition) is 1. The Balaban J connectivity index is 1.53. The second kappa shape index (κ2) is 9.34. The Morgan fingerprint density at radius 1 is 1.09 bits per heavy atom. The predicted octanol–water partition coefficient (Wildman–Crippen LogP) is 4.68. The number of benzene rings is 1. The van der Waals surface area contributed by atoms with E-state index in [0.717, 1.165) is 22.6 Å². The van der Waals surface area contributed by atoms with Gasteiger partial charge < -0.3 is 14.6 Å². The fourth-order valence-electron chi connectivity index (χ4n) is 3.85. The predicted molar refractivity (Wildman–Crippen MR) is 128 cm³/mol. The number of halogens is 1. The molecule has 34 heavy (non-hydrogen) atoms. The first-order valence-electron chi connectivity index (χ1n) is 10.8. The summed E-state index contributed by atoms with van der Waals surface area (Å²) in [4.78, 5) is 13.1. The molecular weight excluding hydrogens is 456 g/mol. The van der Waals surface area contributed by atoms with Crippen molar-refractivity contribution in [1.29, 1.82) is 0 Å². The van der Waals surface area contributed by atoms with Gasteiger partial charge in [-0.05, 0) is 52.8 Å². The molecule has 0 bridgehead atoms. The minimum Gasteiger partial charge on any atom is -0.489 e. The average Bonchev–Trinajstić information content (AvgIpc) is 3.37. The van der Waals surface area contributed by atoms with Crippen molar-refractivity contribution in [2.45, 2.75) is 47.8 Å². The molecule has 0 unspecified atom stereocenters. The van der Waals surface area contributed by atoms with Crippen molar-refractivity contribution in [1.82, 2.24) is 24.7 Å². The third-order valence-corrected chi connectivity index (χ3v) is 6.20. The molecule has 4 aromatic rings. The van der Waals surface area contributed by atoms with E-state index in [1.165, 1.54) is 0 Å². The lowest BCUT2D eigenvalue weighted by molar-refractivity contribution is 0.101. The molecule has 3 heterocycles. The van der Waals surface area contributed by atoms with E-state index in [1.54, 1.807) is 31.2 Å². The summed E-state index contributed by atoms with van der Waals surface area (Å²) in [5.41, 5.74) is 6.09. The van der Waals surface area contributed by atoms with Crippen molar-refractivity contribution in [2.75, 3.05) is 5.32 Å². The number of aromatic nitrogens is 5. The van der Waals surface area contributed by atoms with Gasteiger partial charge in [-0.2, -0.15) is 10.2 Å². The summed E-state index contributed by atoms with van der Waals surface area (Å²) in [7, 11) is 1.92.